The fourth-order valence-electron chi connectivity index (χ4n) is 0.833. The number of hydrogen-bond donors (Lipinski definition) is 2. The van der Waals surface area contributed by atoms with Crippen LogP contribution in [0.25, 0.3) is 6.20 Å². The Morgan fingerprint density at radius 1 is 1.73 bits per heavy atom. The molecule has 4 heteroatoms. The van der Waals surface area contributed by atoms with Crippen molar-refractivity contribution in [1.29, 1.82) is 0 Å². The van der Waals surface area contributed by atoms with Gasteiger partial charge in [-0.3, -0.25) is 0 Å². The molecule has 0 aliphatic carbocycles. The maximum absolute atomic E-state index is 5.59. The first-order chi connectivity index (χ1) is 5.09. The van der Waals surface area contributed by atoms with E-state index in [0.29, 0.717) is 11.5 Å². The molecule has 1 aromatic heterocycles. The molecule has 0 bridgehead atoms. The van der Waals surface area contributed by atoms with Crippen molar-refractivity contribution >= 4 is 12.0 Å². The van der Waals surface area contributed by atoms with Crippen LogP contribution in [0.5, 0.6) is 0 Å². The Morgan fingerprint density at radius 3 is 2.73 bits per heavy atom. The highest BCUT2D eigenvalue weighted by molar-refractivity contribution is 5.41. The van der Waals surface area contributed by atoms with E-state index >= 15 is 0 Å². The molecule has 11 heavy (non-hydrogen) atoms. The number of aryl methyl sites for hydroxylation is 1. The zero-order chi connectivity index (χ0) is 8.43. The van der Waals surface area contributed by atoms with Gasteiger partial charge in [-0.2, -0.15) is 5.10 Å². The van der Waals surface area contributed by atoms with Gasteiger partial charge in [-0.1, -0.05) is 0 Å². The molecule has 0 atom stereocenters. The predicted octanol–water partition coefficient (Wildman–Crippen LogP) is 0.551. The molecule has 4 nitrogen and oxygen atoms in total. The van der Waals surface area contributed by atoms with Crippen molar-refractivity contribution in [3.8, 4) is 0 Å². The monoisotopic (exact) mass is 152 g/mol. The summed E-state index contributed by atoms with van der Waals surface area (Å²) in [6, 6.07) is 1.79. The quantitative estimate of drug-likeness (QED) is 0.617. The van der Waals surface area contributed by atoms with E-state index in [2.05, 4.69) is 5.10 Å². The van der Waals surface area contributed by atoms with E-state index in [1.165, 1.54) is 0 Å². The molecular formula is C7H12N4. The Labute approximate surface area is 65.5 Å². The summed E-state index contributed by atoms with van der Waals surface area (Å²) in [7, 11) is 0. The Bertz CT molecular complexity index is 281. The normalized spacial score (nSPS) is 12.0. The summed E-state index contributed by atoms with van der Waals surface area (Å²) in [6.45, 7) is 3.67. The lowest BCUT2D eigenvalue weighted by atomic mass is 10.5. The molecule has 0 radical (unpaired) electrons. The van der Waals surface area contributed by atoms with Crippen LogP contribution in [0.2, 0.25) is 0 Å². The summed E-state index contributed by atoms with van der Waals surface area (Å²) < 4.78 is 1.56. The highest BCUT2D eigenvalue weighted by Crippen LogP contribution is 2.05. The molecule has 0 fully saturated rings. The first-order valence-electron chi connectivity index (χ1n) is 3.35. The molecule has 0 saturated heterocycles. The van der Waals surface area contributed by atoms with Gasteiger partial charge in [0.25, 0.3) is 0 Å². The molecule has 0 spiro atoms. The third-order valence-corrected chi connectivity index (χ3v) is 1.21. The van der Waals surface area contributed by atoms with Gasteiger partial charge in [0.2, 0.25) is 0 Å². The molecule has 1 rings (SSSR count). The van der Waals surface area contributed by atoms with Crippen molar-refractivity contribution in [3.05, 3.63) is 17.5 Å². The average Bonchev–Trinajstić information content (AvgIpc) is 2.09. The van der Waals surface area contributed by atoms with Crippen LogP contribution in [0, 0.1) is 6.92 Å². The summed E-state index contributed by atoms with van der Waals surface area (Å²) in [5.41, 5.74) is 12.6. The smallest absolute Gasteiger partial charge is 0.126 e. The largest absolute Gasteiger partial charge is 0.401 e. The fraction of sp³-hybridized carbons (Fsp3) is 0.286. The number of nitrogens with zero attached hydrogens (tertiary/aromatic N) is 2. The topological polar surface area (TPSA) is 69.9 Å². The highest BCUT2D eigenvalue weighted by Gasteiger charge is 1.96. The van der Waals surface area contributed by atoms with Crippen molar-refractivity contribution < 1.29 is 0 Å². The lowest BCUT2D eigenvalue weighted by Gasteiger charge is -1.95. The molecular weight excluding hydrogens is 140 g/mol. The fourth-order valence-corrected chi connectivity index (χ4v) is 0.833. The van der Waals surface area contributed by atoms with E-state index in [0.717, 1.165) is 5.69 Å². The van der Waals surface area contributed by atoms with E-state index in [9.17, 15) is 0 Å². The van der Waals surface area contributed by atoms with Gasteiger partial charge < -0.3 is 11.5 Å². The number of aromatic nitrogens is 2. The van der Waals surface area contributed by atoms with Crippen molar-refractivity contribution in [2.24, 2.45) is 5.73 Å². The van der Waals surface area contributed by atoms with E-state index in [1.807, 2.05) is 6.92 Å². The Balaban J connectivity index is 3.04. The third kappa shape index (κ3) is 1.73. The van der Waals surface area contributed by atoms with Crippen LogP contribution in [0.3, 0.4) is 0 Å². The second-order valence-electron chi connectivity index (χ2n) is 2.53. The zero-order valence-electron chi connectivity index (χ0n) is 6.70. The van der Waals surface area contributed by atoms with Crippen LogP contribution >= 0.6 is 0 Å². The summed E-state index contributed by atoms with van der Waals surface area (Å²) in [5.74, 6) is 0.604. The van der Waals surface area contributed by atoms with Gasteiger partial charge in [-0.15, -0.1) is 0 Å². The lowest BCUT2D eigenvalue weighted by Crippen LogP contribution is -2.00. The van der Waals surface area contributed by atoms with Crippen LogP contribution in [0.1, 0.15) is 12.6 Å². The number of nitrogens with two attached hydrogens (primary N) is 2. The van der Waals surface area contributed by atoms with Gasteiger partial charge in [-0.05, 0) is 13.8 Å². The average molecular weight is 152 g/mol. The third-order valence-electron chi connectivity index (χ3n) is 1.21. The highest BCUT2D eigenvalue weighted by atomic mass is 15.3. The summed E-state index contributed by atoms with van der Waals surface area (Å²) in [4.78, 5) is 0. The Hall–Kier alpha value is -1.45. The minimum Gasteiger partial charge on any atom is -0.401 e. The van der Waals surface area contributed by atoms with Gasteiger partial charge in [0.1, 0.15) is 5.82 Å². The van der Waals surface area contributed by atoms with Crippen molar-refractivity contribution in [1.82, 2.24) is 9.78 Å². The number of anilines is 1. The molecule has 0 aromatic carbocycles. The Kier molecular flexibility index (Phi) is 1.85. The molecule has 0 saturated carbocycles. The van der Waals surface area contributed by atoms with E-state index in [-0.39, 0.29) is 0 Å². The number of allylic oxidation sites excluding steroid dienone is 1. The number of nitrogen functional groups attached to an aromatic ring is 1. The van der Waals surface area contributed by atoms with Crippen LogP contribution in [0.15, 0.2) is 11.8 Å². The molecule has 0 aliphatic heterocycles. The van der Waals surface area contributed by atoms with Crippen LogP contribution in [0.4, 0.5) is 5.82 Å². The molecule has 1 heterocycles. The predicted molar refractivity (Wildman–Crippen MR) is 45.5 cm³/mol. The second-order valence-corrected chi connectivity index (χ2v) is 2.53. The van der Waals surface area contributed by atoms with Crippen molar-refractivity contribution in [2.45, 2.75) is 13.8 Å². The number of hydrogen-bond acceptors (Lipinski definition) is 3. The second kappa shape index (κ2) is 2.65. The summed E-state index contributed by atoms with van der Waals surface area (Å²) in [6.07, 6.45) is 1.68. The van der Waals surface area contributed by atoms with Gasteiger partial charge in [0, 0.05) is 18.0 Å². The first-order valence-corrected chi connectivity index (χ1v) is 3.35. The minimum absolute atomic E-state index is 0.604. The molecule has 4 N–H and O–H groups in total. The van der Waals surface area contributed by atoms with Crippen LogP contribution in [-0.4, -0.2) is 9.78 Å². The van der Waals surface area contributed by atoms with Gasteiger partial charge in [0.05, 0.1) is 5.69 Å². The zero-order valence-corrected chi connectivity index (χ0v) is 6.70. The maximum Gasteiger partial charge on any atom is 0.126 e. The van der Waals surface area contributed by atoms with Gasteiger partial charge in [-0.25, -0.2) is 4.68 Å². The Morgan fingerprint density at radius 2 is 2.36 bits per heavy atom. The number of rotatable bonds is 1. The molecule has 0 amide bonds. The maximum atomic E-state index is 5.59. The molecule has 0 aliphatic rings. The lowest BCUT2D eigenvalue weighted by molar-refractivity contribution is 0.912. The van der Waals surface area contributed by atoms with E-state index < -0.39 is 0 Å². The molecule has 60 valence electrons. The van der Waals surface area contributed by atoms with Crippen LogP contribution in [-0.2, 0) is 0 Å². The SMILES string of the molecule is C/C(N)=C/n1nc(C)cc1N. The standard InChI is InChI=1S/C7H12N4/c1-5(8)4-11-7(9)3-6(2)10-11/h3-4H,8-9H2,1-2H3/b5-4-. The summed E-state index contributed by atoms with van der Waals surface area (Å²) in [5, 5.41) is 4.09. The van der Waals surface area contributed by atoms with Gasteiger partial charge >= 0.3 is 0 Å². The minimum atomic E-state index is 0.604. The molecule has 1 aromatic rings. The molecule has 0 unspecified atom stereocenters. The summed E-state index contributed by atoms with van der Waals surface area (Å²) >= 11 is 0. The van der Waals surface area contributed by atoms with E-state index in [4.69, 9.17) is 11.5 Å². The van der Waals surface area contributed by atoms with E-state index in [1.54, 1.807) is 23.9 Å². The van der Waals surface area contributed by atoms with Crippen molar-refractivity contribution in [3.63, 3.8) is 0 Å². The first kappa shape index (κ1) is 7.65. The van der Waals surface area contributed by atoms with Gasteiger partial charge in [0.15, 0.2) is 0 Å². The van der Waals surface area contributed by atoms with Crippen LogP contribution < -0.4 is 11.5 Å². The van der Waals surface area contributed by atoms with Crippen molar-refractivity contribution in [2.75, 3.05) is 5.73 Å².